The maximum Gasteiger partial charge on any atom is 0.338 e. The van der Waals surface area contributed by atoms with Crippen molar-refractivity contribution >= 4 is 33.2 Å². The highest BCUT2D eigenvalue weighted by Crippen LogP contribution is 2.23. The van der Waals surface area contributed by atoms with Gasteiger partial charge in [-0.3, -0.25) is 4.79 Å². The molecule has 0 aliphatic carbocycles. The first-order valence-electron chi connectivity index (χ1n) is 8.01. The van der Waals surface area contributed by atoms with Gasteiger partial charge in [0.1, 0.15) is 12.2 Å². The fourth-order valence-corrected chi connectivity index (χ4v) is 3.34. The second kappa shape index (κ2) is 8.53. The van der Waals surface area contributed by atoms with Gasteiger partial charge in [0, 0.05) is 18.4 Å². The van der Waals surface area contributed by atoms with Crippen molar-refractivity contribution in [3.05, 3.63) is 46.6 Å². The molecule has 0 saturated heterocycles. The van der Waals surface area contributed by atoms with Crippen LogP contribution in [0.25, 0.3) is 0 Å². The summed E-state index contributed by atoms with van der Waals surface area (Å²) in [5.74, 6) is -1.92. The Morgan fingerprint density at radius 1 is 1.30 bits per heavy atom. The molecule has 2 aromatic rings. The van der Waals surface area contributed by atoms with Gasteiger partial charge in [-0.2, -0.15) is 5.10 Å². The number of aryl methyl sites for hydroxylation is 1. The molecule has 0 aliphatic rings. The summed E-state index contributed by atoms with van der Waals surface area (Å²) in [5, 5.41) is 14.0. The number of hydrogen-bond donors (Lipinski definition) is 1. The van der Waals surface area contributed by atoms with Gasteiger partial charge in [-0.05, 0) is 18.6 Å². The number of ketones is 1. The van der Waals surface area contributed by atoms with Gasteiger partial charge in [0.05, 0.1) is 23.4 Å². The van der Waals surface area contributed by atoms with Crippen molar-refractivity contribution in [1.29, 1.82) is 0 Å². The largest absolute Gasteiger partial charge is 0.493 e. The van der Waals surface area contributed by atoms with Crippen molar-refractivity contribution in [2.45, 2.75) is 19.2 Å². The predicted molar refractivity (Wildman–Crippen MR) is 99.0 cm³/mol. The smallest absolute Gasteiger partial charge is 0.338 e. The minimum atomic E-state index is -3.42. The maximum absolute atomic E-state index is 12.7. The van der Waals surface area contributed by atoms with Crippen LogP contribution >= 0.6 is 11.6 Å². The normalized spacial score (nSPS) is 11.4. The van der Waals surface area contributed by atoms with Crippen molar-refractivity contribution in [3.63, 3.8) is 0 Å². The average Bonchev–Trinajstić information content (AvgIpc) is 2.98. The highest BCUT2D eigenvalue weighted by molar-refractivity contribution is 7.89. The van der Waals surface area contributed by atoms with Gasteiger partial charge in [0.25, 0.3) is 0 Å². The lowest BCUT2D eigenvalue weighted by Crippen LogP contribution is -2.14. The summed E-state index contributed by atoms with van der Waals surface area (Å²) >= 11 is 5.51. The Kier molecular flexibility index (Phi) is 6.61. The van der Waals surface area contributed by atoms with Gasteiger partial charge < -0.3 is 9.84 Å². The van der Waals surface area contributed by atoms with Crippen LogP contribution in [0.3, 0.4) is 0 Å². The number of aromatic nitrogens is 2. The molecular formula is C17H19ClN2O6S. The molecule has 0 radical (unpaired) electrons. The summed E-state index contributed by atoms with van der Waals surface area (Å²) in [7, 11) is -3.42. The minimum Gasteiger partial charge on any atom is -0.493 e. The molecule has 146 valence electrons. The molecule has 0 unspecified atom stereocenters. The summed E-state index contributed by atoms with van der Waals surface area (Å²) in [6.07, 6.45) is 2.27. The number of sulfone groups is 1. The van der Waals surface area contributed by atoms with E-state index in [1.54, 1.807) is 6.92 Å². The molecule has 0 amide bonds. The Morgan fingerprint density at radius 2 is 2.00 bits per heavy atom. The van der Waals surface area contributed by atoms with Crippen molar-refractivity contribution in [3.8, 4) is 5.88 Å². The first kappa shape index (κ1) is 20.9. The zero-order chi connectivity index (χ0) is 20.2. The summed E-state index contributed by atoms with van der Waals surface area (Å²) in [6, 6.07) is 4.03. The van der Waals surface area contributed by atoms with E-state index in [0.717, 1.165) is 6.26 Å². The van der Waals surface area contributed by atoms with E-state index in [9.17, 15) is 23.1 Å². The first-order valence-corrected chi connectivity index (χ1v) is 10.6. The Labute approximate surface area is 161 Å². The molecule has 0 saturated carbocycles. The predicted octanol–water partition coefficient (Wildman–Crippen LogP) is 1.78. The molecule has 1 N–H and O–H groups in total. The number of rotatable bonds is 8. The molecule has 2 rings (SSSR count). The lowest BCUT2D eigenvalue weighted by molar-refractivity contribution is 0.0528. The molecule has 1 heterocycles. The third-order valence-electron chi connectivity index (χ3n) is 3.68. The van der Waals surface area contributed by atoms with Crippen LogP contribution in [0.2, 0.25) is 0 Å². The standard InChI is InChI=1S/C17H19ClN2O6S/c1-3-20-16(22)14(9-19-20)15(21)11-4-5-12(10-27(2,24)25)13(8-11)17(23)26-7-6-18/h4-5,8-9,22H,3,6-7,10H2,1-2H3. The molecule has 8 nitrogen and oxygen atoms in total. The van der Waals surface area contributed by atoms with Gasteiger partial charge >= 0.3 is 5.97 Å². The highest BCUT2D eigenvalue weighted by atomic mass is 35.5. The Hall–Kier alpha value is -2.39. The van der Waals surface area contributed by atoms with Crippen LogP contribution in [-0.2, 0) is 26.9 Å². The van der Waals surface area contributed by atoms with Crippen LogP contribution in [0.4, 0.5) is 0 Å². The second-order valence-electron chi connectivity index (χ2n) is 5.79. The van der Waals surface area contributed by atoms with Crippen LogP contribution in [0.1, 0.15) is 38.8 Å². The highest BCUT2D eigenvalue weighted by Gasteiger charge is 2.22. The SMILES string of the molecule is CCn1ncc(C(=O)c2ccc(CS(C)(=O)=O)c(C(=O)OCCCl)c2)c1O. The van der Waals surface area contributed by atoms with E-state index < -0.39 is 21.6 Å². The molecule has 0 spiro atoms. The number of carbonyl (C=O) groups is 2. The van der Waals surface area contributed by atoms with Crippen LogP contribution in [0.5, 0.6) is 5.88 Å². The van der Waals surface area contributed by atoms with Crippen molar-refractivity contribution in [2.24, 2.45) is 0 Å². The number of carbonyl (C=O) groups excluding carboxylic acids is 2. The number of hydrogen-bond acceptors (Lipinski definition) is 7. The monoisotopic (exact) mass is 414 g/mol. The summed E-state index contributed by atoms with van der Waals surface area (Å²) in [6.45, 7) is 2.08. The zero-order valence-electron chi connectivity index (χ0n) is 14.8. The third kappa shape index (κ3) is 5.08. The third-order valence-corrected chi connectivity index (χ3v) is 4.67. The fraction of sp³-hybridized carbons (Fsp3) is 0.353. The number of nitrogens with zero attached hydrogens (tertiary/aromatic N) is 2. The van der Waals surface area contributed by atoms with Gasteiger partial charge in [-0.15, -0.1) is 11.6 Å². The molecular weight excluding hydrogens is 396 g/mol. The van der Waals surface area contributed by atoms with Gasteiger partial charge in [0.2, 0.25) is 5.88 Å². The number of alkyl halides is 1. The number of esters is 1. The van der Waals surface area contributed by atoms with E-state index in [4.69, 9.17) is 16.3 Å². The van der Waals surface area contributed by atoms with Crippen molar-refractivity contribution in [2.75, 3.05) is 18.7 Å². The average molecular weight is 415 g/mol. The lowest BCUT2D eigenvalue weighted by atomic mass is 10.00. The molecule has 27 heavy (non-hydrogen) atoms. The van der Waals surface area contributed by atoms with E-state index in [0.29, 0.717) is 6.54 Å². The van der Waals surface area contributed by atoms with Crippen LogP contribution in [0.15, 0.2) is 24.4 Å². The quantitative estimate of drug-likeness (QED) is 0.397. The van der Waals surface area contributed by atoms with E-state index in [2.05, 4.69) is 5.10 Å². The maximum atomic E-state index is 12.7. The first-order chi connectivity index (χ1) is 12.7. The molecule has 0 bridgehead atoms. The molecule has 0 fully saturated rings. The second-order valence-corrected chi connectivity index (χ2v) is 8.31. The van der Waals surface area contributed by atoms with Crippen LogP contribution < -0.4 is 0 Å². The summed E-state index contributed by atoms with van der Waals surface area (Å²) in [5.41, 5.74) is 0.240. The number of ether oxygens (including phenoxy) is 1. The zero-order valence-corrected chi connectivity index (χ0v) is 16.4. The van der Waals surface area contributed by atoms with E-state index in [1.165, 1.54) is 29.1 Å². The number of aromatic hydroxyl groups is 1. The molecule has 1 aromatic heterocycles. The summed E-state index contributed by atoms with van der Waals surface area (Å²) in [4.78, 5) is 25.0. The lowest BCUT2D eigenvalue weighted by Gasteiger charge is -2.10. The van der Waals surface area contributed by atoms with Gasteiger partial charge in [-0.1, -0.05) is 12.1 Å². The minimum absolute atomic E-state index is 0.0206. The fourth-order valence-electron chi connectivity index (χ4n) is 2.45. The molecule has 1 aromatic carbocycles. The Morgan fingerprint density at radius 3 is 2.56 bits per heavy atom. The van der Waals surface area contributed by atoms with Gasteiger partial charge in [-0.25, -0.2) is 17.9 Å². The van der Waals surface area contributed by atoms with E-state index in [-0.39, 0.29) is 46.4 Å². The van der Waals surface area contributed by atoms with Crippen molar-refractivity contribution in [1.82, 2.24) is 9.78 Å². The number of benzene rings is 1. The van der Waals surface area contributed by atoms with E-state index in [1.807, 2.05) is 0 Å². The topological polar surface area (TPSA) is 116 Å². The summed E-state index contributed by atoms with van der Waals surface area (Å²) < 4.78 is 29.5. The molecule has 0 atom stereocenters. The van der Waals surface area contributed by atoms with E-state index >= 15 is 0 Å². The Bertz CT molecular complexity index is 968. The van der Waals surface area contributed by atoms with Gasteiger partial charge in [0.15, 0.2) is 15.6 Å². The molecule has 0 aliphatic heterocycles. The number of halogens is 1. The van der Waals surface area contributed by atoms with Crippen molar-refractivity contribution < 1.29 is 27.9 Å². The van der Waals surface area contributed by atoms with Crippen LogP contribution in [0, 0.1) is 0 Å². The molecule has 10 heteroatoms. The Balaban J connectivity index is 2.47. The van der Waals surface area contributed by atoms with Crippen LogP contribution in [-0.4, -0.2) is 53.8 Å².